The second-order valence-electron chi connectivity index (χ2n) is 6.09. The topological polar surface area (TPSA) is 47.6 Å². The van der Waals surface area contributed by atoms with Crippen molar-refractivity contribution < 1.29 is 14.3 Å². The lowest BCUT2D eigenvalue weighted by Gasteiger charge is -2.38. The van der Waals surface area contributed by atoms with E-state index in [1.54, 1.807) is 7.11 Å². The van der Waals surface area contributed by atoms with Gasteiger partial charge in [-0.05, 0) is 31.7 Å². The maximum Gasteiger partial charge on any atom is 0.223 e. The zero-order valence-corrected chi connectivity index (χ0v) is 12.6. The molecule has 1 aromatic carbocycles. The summed E-state index contributed by atoms with van der Waals surface area (Å²) in [4.78, 5) is 12.0. The molecule has 0 radical (unpaired) electrons. The highest BCUT2D eigenvalue weighted by atomic mass is 16.5. The van der Waals surface area contributed by atoms with Crippen molar-refractivity contribution in [1.29, 1.82) is 0 Å². The summed E-state index contributed by atoms with van der Waals surface area (Å²) in [6.45, 7) is 2.14. The van der Waals surface area contributed by atoms with Crippen LogP contribution < -0.4 is 10.1 Å². The molecule has 0 aromatic heterocycles. The predicted octanol–water partition coefficient (Wildman–Crippen LogP) is 2.27. The summed E-state index contributed by atoms with van der Waals surface area (Å²) in [6.07, 6.45) is 3.91. The number of carbonyl (C=O) groups is 1. The number of carbonyl (C=O) groups excluding carboxylic acids is 1. The Balaban J connectivity index is 1.82. The molecule has 4 heteroatoms. The summed E-state index contributed by atoms with van der Waals surface area (Å²) in [5, 5.41) is 3.15. The first-order chi connectivity index (χ1) is 10.2. The number of rotatable bonds is 5. The van der Waals surface area contributed by atoms with Crippen LogP contribution in [-0.2, 0) is 14.9 Å². The van der Waals surface area contributed by atoms with E-state index in [9.17, 15) is 4.79 Å². The van der Waals surface area contributed by atoms with Gasteiger partial charge in [0.05, 0.1) is 7.11 Å². The molecular weight excluding hydrogens is 266 g/mol. The number of amides is 1. The summed E-state index contributed by atoms with van der Waals surface area (Å²) >= 11 is 0. The molecule has 2 aliphatic rings. The van der Waals surface area contributed by atoms with Crippen LogP contribution in [0.1, 0.15) is 31.2 Å². The van der Waals surface area contributed by atoms with Gasteiger partial charge in [0.15, 0.2) is 0 Å². The van der Waals surface area contributed by atoms with Gasteiger partial charge in [0.25, 0.3) is 0 Å². The Bertz CT molecular complexity index is 505. The molecule has 4 nitrogen and oxygen atoms in total. The summed E-state index contributed by atoms with van der Waals surface area (Å²) in [7, 11) is 1.70. The van der Waals surface area contributed by atoms with Crippen LogP contribution in [0.5, 0.6) is 5.75 Å². The Morgan fingerprint density at radius 3 is 2.71 bits per heavy atom. The molecule has 1 aromatic rings. The van der Waals surface area contributed by atoms with Gasteiger partial charge in [-0.3, -0.25) is 4.79 Å². The van der Waals surface area contributed by atoms with Crippen LogP contribution in [0.2, 0.25) is 0 Å². The molecule has 1 heterocycles. The smallest absolute Gasteiger partial charge is 0.223 e. The average Bonchev–Trinajstić information content (AvgIpc) is 3.38. The van der Waals surface area contributed by atoms with Crippen LogP contribution in [0.4, 0.5) is 0 Å². The lowest BCUT2D eigenvalue weighted by atomic mass is 9.73. The first kappa shape index (κ1) is 14.4. The van der Waals surface area contributed by atoms with Crippen molar-refractivity contribution in [2.45, 2.75) is 31.1 Å². The van der Waals surface area contributed by atoms with E-state index in [-0.39, 0.29) is 17.2 Å². The molecule has 1 aliphatic carbocycles. The molecule has 2 fully saturated rings. The van der Waals surface area contributed by atoms with Gasteiger partial charge in [0, 0.05) is 36.7 Å². The lowest BCUT2D eigenvalue weighted by Crippen LogP contribution is -2.45. The third kappa shape index (κ3) is 3.05. The van der Waals surface area contributed by atoms with Gasteiger partial charge in [0.1, 0.15) is 5.75 Å². The van der Waals surface area contributed by atoms with Crippen LogP contribution in [0.15, 0.2) is 24.3 Å². The molecular formula is C17H23NO3. The monoisotopic (exact) mass is 289 g/mol. The normalized spacial score (nSPS) is 20.8. The number of ether oxygens (including phenoxy) is 2. The maximum atomic E-state index is 12.0. The minimum atomic E-state index is -0.0740. The highest BCUT2D eigenvalue weighted by molar-refractivity contribution is 5.80. The lowest BCUT2D eigenvalue weighted by molar-refractivity contribution is -0.122. The fraction of sp³-hybridized carbons (Fsp3) is 0.588. The number of benzene rings is 1. The van der Waals surface area contributed by atoms with Crippen molar-refractivity contribution >= 4 is 5.91 Å². The molecule has 0 bridgehead atoms. The number of methoxy groups -OCH3 is 1. The van der Waals surface area contributed by atoms with Gasteiger partial charge in [-0.15, -0.1) is 0 Å². The molecule has 1 N–H and O–H groups in total. The third-order valence-corrected chi connectivity index (χ3v) is 4.68. The third-order valence-electron chi connectivity index (χ3n) is 4.68. The molecule has 21 heavy (non-hydrogen) atoms. The quantitative estimate of drug-likeness (QED) is 0.904. The van der Waals surface area contributed by atoms with Crippen molar-refractivity contribution in [1.82, 2.24) is 5.32 Å². The second kappa shape index (κ2) is 6.06. The SMILES string of the molecule is COc1ccccc1C1(CNC(=O)C2CC2)CCOCC1. The van der Waals surface area contributed by atoms with Crippen LogP contribution in [0, 0.1) is 5.92 Å². The summed E-state index contributed by atoms with van der Waals surface area (Å²) in [5.41, 5.74) is 1.11. The highest BCUT2D eigenvalue weighted by Crippen LogP contribution is 2.39. The van der Waals surface area contributed by atoms with Crippen molar-refractivity contribution in [2.24, 2.45) is 5.92 Å². The fourth-order valence-corrected chi connectivity index (χ4v) is 3.13. The standard InChI is InChI=1S/C17H23NO3/c1-20-15-5-3-2-4-14(15)17(8-10-21-11-9-17)12-18-16(19)13-6-7-13/h2-5,13H,6-12H2,1H3,(H,18,19). The molecule has 1 aliphatic heterocycles. The molecule has 114 valence electrons. The van der Waals surface area contributed by atoms with E-state index in [0.29, 0.717) is 6.54 Å². The largest absolute Gasteiger partial charge is 0.496 e. The van der Waals surface area contributed by atoms with E-state index in [0.717, 1.165) is 44.6 Å². The molecule has 0 unspecified atom stereocenters. The zero-order valence-electron chi connectivity index (χ0n) is 12.6. The van der Waals surface area contributed by atoms with E-state index >= 15 is 0 Å². The number of hydrogen-bond donors (Lipinski definition) is 1. The highest BCUT2D eigenvalue weighted by Gasteiger charge is 2.38. The van der Waals surface area contributed by atoms with Crippen LogP contribution in [0.3, 0.4) is 0 Å². The molecule has 1 saturated carbocycles. The Morgan fingerprint density at radius 1 is 1.33 bits per heavy atom. The van der Waals surface area contributed by atoms with Gasteiger partial charge in [-0.25, -0.2) is 0 Å². The van der Waals surface area contributed by atoms with Gasteiger partial charge in [-0.2, -0.15) is 0 Å². The van der Waals surface area contributed by atoms with Gasteiger partial charge in [0.2, 0.25) is 5.91 Å². The first-order valence-electron chi connectivity index (χ1n) is 7.74. The Labute approximate surface area is 125 Å². The van der Waals surface area contributed by atoms with E-state index in [4.69, 9.17) is 9.47 Å². The Hall–Kier alpha value is -1.55. The van der Waals surface area contributed by atoms with Gasteiger partial charge >= 0.3 is 0 Å². The van der Waals surface area contributed by atoms with Crippen LogP contribution in [0.25, 0.3) is 0 Å². The van der Waals surface area contributed by atoms with Crippen molar-refractivity contribution in [2.75, 3.05) is 26.9 Å². The number of hydrogen-bond acceptors (Lipinski definition) is 3. The summed E-state index contributed by atoms with van der Waals surface area (Å²) in [6, 6.07) is 8.14. The minimum absolute atomic E-state index is 0.0740. The van der Waals surface area contributed by atoms with Gasteiger partial charge < -0.3 is 14.8 Å². The van der Waals surface area contributed by atoms with Crippen molar-refractivity contribution in [3.05, 3.63) is 29.8 Å². The maximum absolute atomic E-state index is 12.0. The van der Waals surface area contributed by atoms with Gasteiger partial charge in [-0.1, -0.05) is 18.2 Å². The van der Waals surface area contributed by atoms with Crippen LogP contribution in [-0.4, -0.2) is 32.8 Å². The Morgan fingerprint density at radius 2 is 2.05 bits per heavy atom. The zero-order chi connectivity index (χ0) is 14.7. The molecule has 1 saturated heterocycles. The number of para-hydroxylation sites is 1. The Kier molecular flexibility index (Phi) is 4.15. The summed E-state index contributed by atoms with van der Waals surface area (Å²) in [5.74, 6) is 1.36. The van der Waals surface area contributed by atoms with Crippen molar-refractivity contribution in [3.8, 4) is 5.75 Å². The predicted molar refractivity (Wildman–Crippen MR) is 80.5 cm³/mol. The van der Waals surface area contributed by atoms with Crippen molar-refractivity contribution in [3.63, 3.8) is 0 Å². The molecule has 3 rings (SSSR count). The van der Waals surface area contributed by atoms with E-state index < -0.39 is 0 Å². The minimum Gasteiger partial charge on any atom is -0.496 e. The molecule has 0 atom stereocenters. The molecule has 1 amide bonds. The van der Waals surface area contributed by atoms with Crippen LogP contribution >= 0.6 is 0 Å². The van der Waals surface area contributed by atoms with E-state index in [2.05, 4.69) is 11.4 Å². The fourth-order valence-electron chi connectivity index (χ4n) is 3.13. The van der Waals surface area contributed by atoms with E-state index in [1.165, 1.54) is 5.56 Å². The number of nitrogens with one attached hydrogen (secondary N) is 1. The second-order valence-corrected chi connectivity index (χ2v) is 6.09. The average molecular weight is 289 g/mol. The first-order valence-corrected chi connectivity index (χ1v) is 7.74. The molecule has 0 spiro atoms. The van der Waals surface area contributed by atoms with E-state index in [1.807, 2.05) is 18.2 Å². The summed E-state index contributed by atoms with van der Waals surface area (Å²) < 4.78 is 11.1.